The fraction of sp³-hybridized carbons (Fsp3) is 0.308. The zero-order valence-corrected chi connectivity index (χ0v) is 12.8. The number of carbonyl (C=O) groups excluding carboxylic acids is 1. The van der Waals surface area contributed by atoms with Crippen molar-refractivity contribution in [2.75, 3.05) is 11.9 Å². The lowest BCUT2D eigenvalue weighted by atomic mass is 10.2. The van der Waals surface area contributed by atoms with Gasteiger partial charge in [0.2, 0.25) is 5.91 Å². The van der Waals surface area contributed by atoms with E-state index in [1.54, 1.807) is 7.05 Å². The summed E-state index contributed by atoms with van der Waals surface area (Å²) in [4.78, 5) is 21.4. The van der Waals surface area contributed by atoms with Crippen molar-refractivity contribution in [1.82, 2.24) is 9.97 Å². The van der Waals surface area contributed by atoms with Gasteiger partial charge in [0, 0.05) is 24.7 Å². The normalized spacial score (nSPS) is 10.9. The second kappa shape index (κ2) is 5.85. The van der Waals surface area contributed by atoms with Gasteiger partial charge in [-0.1, -0.05) is 36.8 Å². The number of pyridine rings is 1. The molecule has 0 aliphatic rings. The number of carbonyl (C=O) groups is 1. The first-order valence-electron chi connectivity index (χ1n) is 5.95. The number of nitrogens with zero attached hydrogens (tertiary/aromatic N) is 3. The second-order valence-corrected chi connectivity index (χ2v) is 5.89. The molecule has 0 fully saturated rings. The number of anilines is 1. The molecule has 0 aliphatic carbocycles. The van der Waals surface area contributed by atoms with E-state index in [0.29, 0.717) is 15.6 Å². The average Bonchev–Trinajstić information content (AvgIpc) is 2.79. The quantitative estimate of drug-likeness (QED) is 0.869. The van der Waals surface area contributed by atoms with Gasteiger partial charge in [0.1, 0.15) is 15.8 Å². The number of halogens is 2. The van der Waals surface area contributed by atoms with E-state index in [9.17, 15) is 9.18 Å². The fourth-order valence-corrected chi connectivity index (χ4v) is 2.92. The Morgan fingerprint density at radius 1 is 1.45 bits per heavy atom. The van der Waals surface area contributed by atoms with Crippen LogP contribution >= 0.6 is 22.9 Å². The van der Waals surface area contributed by atoms with E-state index < -0.39 is 5.82 Å². The van der Waals surface area contributed by atoms with Crippen molar-refractivity contribution >= 4 is 33.8 Å². The highest BCUT2D eigenvalue weighted by Gasteiger charge is 2.21. The molecule has 0 saturated heterocycles. The van der Waals surface area contributed by atoms with Gasteiger partial charge in [0.05, 0.1) is 6.20 Å². The third kappa shape index (κ3) is 2.96. The molecule has 7 heteroatoms. The van der Waals surface area contributed by atoms with Gasteiger partial charge >= 0.3 is 0 Å². The van der Waals surface area contributed by atoms with Crippen LogP contribution in [0.5, 0.6) is 0 Å². The predicted molar refractivity (Wildman–Crippen MR) is 78.6 cm³/mol. The number of hydrogen-bond donors (Lipinski definition) is 0. The Hall–Kier alpha value is -1.53. The number of rotatable bonds is 3. The highest BCUT2D eigenvalue weighted by Crippen LogP contribution is 2.37. The van der Waals surface area contributed by atoms with E-state index in [1.807, 2.05) is 13.8 Å². The molecule has 0 unspecified atom stereocenters. The molecule has 106 valence electrons. The summed E-state index contributed by atoms with van der Waals surface area (Å²) in [6.45, 7) is 3.62. The van der Waals surface area contributed by atoms with Gasteiger partial charge in [-0.05, 0) is 6.07 Å². The summed E-state index contributed by atoms with van der Waals surface area (Å²) in [7, 11) is 1.65. The van der Waals surface area contributed by atoms with Crippen LogP contribution in [-0.4, -0.2) is 22.9 Å². The molecule has 0 radical (unpaired) electrons. The molecule has 0 aliphatic heterocycles. The molecule has 4 nitrogen and oxygen atoms in total. The summed E-state index contributed by atoms with van der Waals surface area (Å²) in [5.74, 6) is -0.640. The summed E-state index contributed by atoms with van der Waals surface area (Å²) < 4.78 is 13.2. The van der Waals surface area contributed by atoms with Crippen molar-refractivity contribution in [2.24, 2.45) is 5.92 Å². The van der Waals surface area contributed by atoms with Gasteiger partial charge in [-0.3, -0.25) is 9.78 Å². The average molecular weight is 314 g/mol. The molecule has 0 saturated carbocycles. The van der Waals surface area contributed by atoms with Crippen LogP contribution in [0.4, 0.5) is 9.39 Å². The second-order valence-electron chi connectivity index (χ2n) is 4.56. The van der Waals surface area contributed by atoms with Crippen molar-refractivity contribution < 1.29 is 9.18 Å². The topological polar surface area (TPSA) is 46.1 Å². The molecule has 2 aromatic heterocycles. The molecule has 20 heavy (non-hydrogen) atoms. The highest BCUT2D eigenvalue weighted by atomic mass is 35.5. The molecule has 0 atom stereocenters. The van der Waals surface area contributed by atoms with E-state index in [0.717, 1.165) is 6.20 Å². The first kappa shape index (κ1) is 14.9. The van der Waals surface area contributed by atoms with Crippen LogP contribution in [0, 0.1) is 11.7 Å². The molecule has 0 aromatic carbocycles. The number of hydrogen-bond acceptors (Lipinski definition) is 4. The van der Waals surface area contributed by atoms with Gasteiger partial charge in [-0.2, -0.15) is 0 Å². The summed E-state index contributed by atoms with van der Waals surface area (Å²) in [5.41, 5.74) is 0.536. The van der Waals surface area contributed by atoms with Crippen LogP contribution in [0.1, 0.15) is 13.8 Å². The fourth-order valence-electron chi connectivity index (χ4n) is 1.64. The Morgan fingerprint density at radius 2 is 2.15 bits per heavy atom. The van der Waals surface area contributed by atoms with Crippen LogP contribution < -0.4 is 4.90 Å². The van der Waals surface area contributed by atoms with Crippen LogP contribution in [0.3, 0.4) is 0 Å². The van der Waals surface area contributed by atoms with E-state index in [-0.39, 0.29) is 17.0 Å². The Morgan fingerprint density at radius 3 is 2.75 bits per heavy atom. The predicted octanol–water partition coefficient (Wildman–Crippen LogP) is 3.62. The van der Waals surface area contributed by atoms with Gasteiger partial charge in [0.25, 0.3) is 0 Å². The largest absolute Gasteiger partial charge is 0.304 e. The summed E-state index contributed by atoms with van der Waals surface area (Å²) in [5, 5.41) is 1.30. The van der Waals surface area contributed by atoms with E-state index in [4.69, 9.17) is 11.6 Å². The minimum Gasteiger partial charge on any atom is -0.304 e. The van der Waals surface area contributed by atoms with E-state index in [1.165, 1.54) is 28.5 Å². The maximum Gasteiger partial charge on any atom is 0.229 e. The van der Waals surface area contributed by atoms with Gasteiger partial charge in [0.15, 0.2) is 5.15 Å². The number of aromatic nitrogens is 2. The van der Waals surface area contributed by atoms with Crippen molar-refractivity contribution in [3.8, 4) is 10.6 Å². The SMILES string of the molecule is CC(C)C(=O)N(C)c1sc(-c2cncc(F)c2)nc1Cl. The van der Waals surface area contributed by atoms with E-state index >= 15 is 0 Å². The molecule has 2 rings (SSSR count). The van der Waals surface area contributed by atoms with Crippen LogP contribution in [0.2, 0.25) is 5.15 Å². The molecule has 0 N–H and O–H groups in total. The lowest BCUT2D eigenvalue weighted by Gasteiger charge is -2.17. The molecule has 1 amide bonds. The lowest BCUT2D eigenvalue weighted by molar-refractivity contribution is -0.121. The molecular formula is C13H13ClFN3OS. The van der Waals surface area contributed by atoms with Crippen molar-refractivity contribution in [3.05, 3.63) is 29.4 Å². The third-order valence-electron chi connectivity index (χ3n) is 2.65. The summed E-state index contributed by atoms with van der Waals surface area (Å²) in [6.07, 6.45) is 2.63. The van der Waals surface area contributed by atoms with Crippen molar-refractivity contribution in [1.29, 1.82) is 0 Å². The standard InChI is InChI=1S/C13H13ClFN3OS/c1-7(2)12(19)18(3)13-10(14)17-11(20-13)8-4-9(15)6-16-5-8/h4-7H,1-3H3. The first-order chi connectivity index (χ1) is 9.40. The Kier molecular flexibility index (Phi) is 4.35. The van der Waals surface area contributed by atoms with Crippen molar-refractivity contribution in [3.63, 3.8) is 0 Å². The highest BCUT2D eigenvalue weighted by molar-refractivity contribution is 7.19. The molecule has 2 aromatic rings. The smallest absolute Gasteiger partial charge is 0.229 e. The van der Waals surface area contributed by atoms with Gasteiger partial charge in [-0.15, -0.1) is 0 Å². The van der Waals surface area contributed by atoms with Gasteiger partial charge in [-0.25, -0.2) is 9.37 Å². The minimum absolute atomic E-state index is 0.0560. The maximum atomic E-state index is 13.2. The molecule has 0 spiro atoms. The summed E-state index contributed by atoms with van der Waals surface area (Å²) >= 11 is 7.30. The minimum atomic E-state index is -0.443. The first-order valence-corrected chi connectivity index (χ1v) is 7.14. The molecule has 0 bridgehead atoms. The Bertz CT molecular complexity index is 644. The van der Waals surface area contributed by atoms with Crippen LogP contribution in [0.25, 0.3) is 10.6 Å². The lowest BCUT2D eigenvalue weighted by Crippen LogP contribution is -2.29. The monoisotopic (exact) mass is 313 g/mol. The molecular weight excluding hydrogens is 301 g/mol. The third-order valence-corrected chi connectivity index (χ3v) is 4.21. The number of amides is 1. The van der Waals surface area contributed by atoms with Crippen LogP contribution in [-0.2, 0) is 4.79 Å². The maximum absolute atomic E-state index is 13.2. The zero-order chi connectivity index (χ0) is 14.9. The Balaban J connectivity index is 2.37. The number of thiazole rings is 1. The Labute approximate surface area is 125 Å². The summed E-state index contributed by atoms with van der Waals surface area (Å²) in [6, 6.07) is 1.33. The zero-order valence-electron chi connectivity index (χ0n) is 11.2. The van der Waals surface area contributed by atoms with E-state index in [2.05, 4.69) is 9.97 Å². The van der Waals surface area contributed by atoms with Crippen LogP contribution in [0.15, 0.2) is 18.5 Å². The molecule has 2 heterocycles. The van der Waals surface area contributed by atoms with Crippen molar-refractivity contribution in [2.45, 2.75) is 13.8 Å². The van der Waals surface area contributed by atoms with Gasteiger partial charge < -0.3 is 4.90 Å².